The fourth-order valence-corrected chi connectivity index (χ4v) is 2.72. The second-order valence-electron chi connectivity index (χ2n) is 5.25. The maximum Gasteiger partial charge on any atom is 0.303 e. The van der Waals surface area contributed by atoms with Gasteiger partial charge in [-0.25, -0.2) is 0 Å². The largest absolute Gasteiger partial charge is 0.504 e. The summed E-state index contributed by atoms with van der Waals surface area (Å²) in [5.74, 6) is -2.00. The first-order valence-electron chi connectivity index (χ1n) is 7.04. The molecule has 6 nitrogen and oxygen atoms in total. The van der Waals surface area contributed by atoms with Crippen LogP contribution in [0.25, 0.3) is 0 Å². The second-order valence-corrected chi connectivity index (χ2v) is 5.25. The number of aliphatic carboxylic acids is 1. The Kier molecular flexibility index (Phi) is 4.67. The van der Waals surface area contributed by atoms with Gasteiger partial charge in [0.05, 0.1) is 5.56 Å². The monoisotopic (exact) mass is 293 g/mol. The van der Waals surface area contributed by atoms with Gasteiger partial charge in [-0.05, 0) is 37.8 Å². The number of likely N-dealkylation sites (tertiary alicyclic amines) is 1. The van der Waals surface area contributed by atoms with E-state index in [1.54, 1.807) is 4.90 Å². The van der Waals surface area contributed by atoms with Crippen molar-refractivity contribution in [3.05, 3.63) is 23.8 Å². The fourth-order valence-electron chi connectivity index (χ4n) is 2.72. The highest BCUT2D eigenvalue weighted by atomic mass is 16.4. The van der Waals surface area contributed by atoms with Crippen LogP contribution in [0.3, 0.4) is 0 Å². The summed E-state index contributed by atoms with van der Waals surface area (Å²) in [5, 5.41) is 28.1. The molecule has 1 aliphatic heterocycles. The lowest BCUT2D eigenvalue weighted by atomic mass is 9.96. The Bertz CT molecular complexity index is 543. The summed E-state index contributed by atoms with van der Waals surface area (Å²) in [6.07, 6.45) is 2.99. The van der Waals surface area contributed by atoms with Crippen LogP contribution in [0.15, 0.2) is 18.2 Å². The number of nitrogens with zero attached hydrogens (tertiary/aromatic N) is 1. The molecule has 0 saturated carbocycles. The van der Waals surface area contributed by atoms with E-state index in [9.17, 15) is 19.8 Å². The summed E-state index contributed by atoms with van der Waals surface area (Å²) in [5.41, 5.74) is 0.0530. The van der Waals surface area contributed by atoms with Crippen molar-refractivity contribution in [1.29, 1.82) is 0 Å². The molecule has 1 aromatic carbocycles. The molecule has 1 saturated heterocycles. The van der Waals surface area contributed by atoms with Crippen molar-refractivity contribution in [3.63, 3.8) is 0 Å². The van der Waals surface area contributed by atoms with Crippen molar-refractivity contribution in [1.82, 2.24) is 4.90 Å². The van der Waals surface area contributed by atoms with Gasteiger partial charge in [0.25, 0.3) is 5.91 Å². The molecule has 6 heteroatoms. The highest BCUT2D eigenvalue weighted by Gasteiger charge is 2.29. The lowest BCUT2D eigenvalue weighted by Crippen LogP contribution is -2.44. The lowest BCUT2D eigenvalue weighted by molar-refractivity contribution is -0.137. The molecule has 21 heavy (non-hydrogen) atoms. The minimum atomic E-state index is -0.881. The number of carboxylic acids is 1. The van der Waals surface area contributed by atoms with E-state index >= 15 is 0 Å². The van der Waals surface area contributed by atoms with E-state index in [4.69, 9.17) is 5.11 Å². The van der Waals surface area contributed by atoms with Crippen molar-refractivity contribution in [2.24, 2.45) is 0 Å². The molecule has 1 heterocycles. The average Bonchev–Trinajstić information content (AvgIpc) is 2.47. The Balaban J connectivity index is 2.18. The van der Waals surface area contributed by atoms with Crippen molar-refractivity contribution in [3.8, 4) is 11.5 Å². The van der Waals surface area contributed by atoms with Crippen molar-refractivity contribution in [2.45, 2.75) is 38.1 Å². The van der Waals surface area contributed by atoms with Gasteiger partial charge in [-0.2, -0.15) is 0 Å². The highest BCUT2D eigenvalue weighted by Crippen LogP contribution is 2.31. The standard InChI is InChI=1S/C15H19NO5/c17-12-6-3-5-11(14(12)20)15(21)16-9-2-1-4-10(16)7-8-13(18)19/h3,5-6,10,17,20H,1-2,4,7-9H2,(H,18,19). The zero-order valence-electron chi connectivity index (χ0n) is 11.7. The smallest absolute Gasteiger partial charge is 0.303 e. The zero-order chi connectivity index (χ0) is 15.4. The molecule has 1 atom stereocenters. The minimum absolute atomic E-state index is 0.0144. The second kappa shape index (κ2) is 6.47. The number of carboxylic acid groups (broad SMARTS) is 1. The molecule has 1 aromatic rings. The molecule has 0 aromatic heterocycles. The number of carbonyl (C=O) groups excluding carboxylic acids is 1. The van der Waals surface area contributed by atoms with Crippen LogP contribution >= 0.6 is 0 Å². The number of para-hydroxylation sites is 1. The molecule has 0 bridgehead atoms. The van der Waals surface area contributed by atoms with Gasteiger partial charge in [0.2, 0.25) is 0 Å². The van der Waals surface area contributed by atoms with Crippen LogP contribution in [0.1, 0.15) is 42.5 Å². The molecular weight excluding hydrogens is 274 g/mol. The summed E-state index contributed by atoms with van der Waals surface area (Å²) >= 11 is 0. The van der Waals surface area contributed by atoms with Crippen LogP contribution in [-0.2, 0) is 4.79 Å². The van der Waals surface area contributed by atoms with Gasteiger partial charge in [-0.15, -0.1) is 0 Å². The molecule has 114 valence electrons. The van der Waals surface area contributed by atoms with E-state index in [1.807, 2.05) is 0 Å². The van der Waals surface area contributed by atoms with Gasteiger partial charge >= 0.3 is 5.97 Å². The minimum Gasteiger partial charge on any atom is -0.504 e. The normalized spacial score (nSPS) is 18.5. The summed E-state index contributed by atoms with van der Waals surface area (Å²) in [7, 11) is 0. The third kappa shape index (κ3) is 3.45. The van der Waals surface area contributed by atoms with Gasteiger partial charge in [-0.3, -0.25) is 9.59 Å². The number of benzene rings is 1. The van der Waals surface area contributed by atoms with Crippen LogP contribution in [0.5, 0.6) is 11.5 Å². The quantitative estimate of drug-likeness (QED) is 0.737. The Morgan fingerprint density at radius 3 is 2.71 bits per heavy atom. The number of piperidine rings is 1. The number of amides is 1. The third-order valence-corrected chi connectivity index (χ3v) is 3.82. The molecule has 1 fully saturated rings. The number of aromatic hydroxyl groups is 2. The van der Waals surface area contributed by atoms with Crippen molar-refractivity contribution >= 4 is 11.9 Å². The highest BCUT2D eigenvalue weighted by molar-refractivity contribution is 5.97. The molecule has 1 aliphatic rings. The van der Waals surface area contributed by atoms with Gasteiger partial charge in [0, 0.05) is 19.0 Å². The molecule has 1 unspecified atom stereocenters. The number of carbonyl (C=O) groups is 2. The fraction of sp³-hybridized carbons (Fsp3) is 0.467. The first-order valence-corrected chi connectivity index (χ1v) is 7.04. The Morgan fingerprint density at radius 1 is 1.24 bits per heavy atom. The van der Waals surface area contributed by atoms with Gasteiger partial charge < -0.3 is 20.2 Å². The third-order valence-electron chi connectivity index (χ3n) is 3.82. The SMILES string of the molecule is O=C(O)CCC1CCCCN1C(=O)c1cccc(O)c1O. The van der Waals surface area contributed by atoms with Crippen LogP contribution in [0, 0.1) is 0 Å². The number of phenols is 2. The van der Waals surface area contributed by atoms with Crippen LogP contribution in [0.4, 0.5) is 0 Å². The maximum atomic E-state index is 12.5. The summed E-state index contributed by atoms with van der Waals surface area (Å²) < 4.78 is 0. The van der Waals surface area contributed by atoms with Crippen LogP contribution in [-0.4, -0.2) is 44.7 Å². The molecule has 0 radical (unpaired) electrons. The van der Waals surface area contributed by atoms with Gasteiger partial charge in [0.15, 0.2) is 11.5 Å². The predicted octanol–water partition coefficient (Wildman–Crippen LogP) is 1.96. The Morgan fingerprint density at radius 2 is 2.00 bits per heavy atom. The summed E-state index contributed by atoms with van der Waals surface area (Å²) in [6, 6.07) is 4.13. The molecule has 3 N–H and O–H groups in total. The van der Waals surface area contributed by atoms with E-state index in [1.165, 1.54) is 18.2 Å². The zero-order valence-corrected chi connectivity index (χ0v) is 11.7. The Hall–Kier alpha value is -2.24. The molecule has 0 aliphatic carbocycles. The molecule has 0 spiro atoms. The van der Waals surface area contributed by atoms with Gasteiger partial charge in [-0.1, -0.05) is 6.07 Å². The van der Waals surface area contributed by atoms with Crippen LogP contribution in [0.2, 0.25) is 0 Å². The lowest BCUT2D eigenvalue weighted by Gasteiger charge is -2.35. The van der Waals surface area contributed by atoms with E-state index < -0.39 is 11.7 Å². The van der Waals surface area contributed by atoms with Crippen molar-refractivity contribution < 1.29 is 24.9 Å². The number of hydrogen-bond acceptors (Lipinski definition) is 4. The average molecular weight is 293 g/mol. The van der Waals surface area contributed by atoms with E-state index in [0.717, 1.165) is 19.3 Å². The summed E-state index contributed by atoms with van der Waals surface area (Å²) in [4.78, 5) is 24.9. The maximum absolute atomic E-state index is 12.5. The van der Waals surface area contributed by atoms with Crippen molar-refractivity contribution in [2.75, 3.05) is 6.54 Å². The van der Waals surface area contributed by atoms with Gasteiger partial charge in [0.1, 0.15) is 0 Å². The number of rotatable bonds is 4. The predicted molar refractivity (Wildman–Crippen MR) is 75.3 cm³/mol. The molecular formula is C15H19NO5. The number of phenolic OH excluding ortho intramolecular Hbond substituents is 2. The first-order chi connectivity index (χ1) is 10.0. The van der Waals surface area contributed by atoms with E-state index in [-0.39, 0.29) is 29.7 Å². The molecule has 1 amide bonds. The van der Waals surface area contributed by atoms with E-state index in [2.05, 4.69) is 0 Å². The summed E-state index contributed by atoms with van der Waals surface area (Å²) in [6.45, 7) is 0.540. The Labute approximate surface area is 122 Å². The first kappa shape index (κ1) is 15.2. The van der Waals surface area contributed by atoms with Crippen LogP contribution < -0.4 is 0 Å². The number of hydrogen-bond donors (Lipinski definition) is 3. The van der Waals surface area contributed by atoms with E-state index in [0.29, 0.717) is 13.0 Å². The topological polar surface area (TPSA) is 98.1 Å². The molecule has 2 rings (SSSR count).